The van der Waals surface area contributed by atoms with Gasteiger partial charge in [-0.25, -0.2) is 4.79 Å². The van der Waals surface area contributed by atoms with Crippen LogP contribution in [0.15, 0.2) is 42.5 Å². The molecule has 156 valence electrons. The maximum atomic E-state index is 13.1. The van der Waals surface area contributed by atoms with E-state index in [1.807, 2.05) is 0 Å². The van der Waals surface area contributed by atoms with Crippen LogP contribution in [0.25, 0.3) is 0 Å². The highest BCUT2D eigenvalue weighted by molar-refractivity contribution is 6.31. The third kappa shape index (κ3) is 3.49. The number of fused-ring (bicyclic) bond motifs is 1. The lowest BCUT2D eigenvalue weighted by Crippen LogP contribution is -2.43. The summed E-state index contributed by atoms with van der Waals surface area (Å²) < 4.78 is 44.5. The smallest absolute Gasteiger partial charge is 0.417 e. The van der Waals surface area contributed by atoms with Crippen LogP contribution >= 0.6 is 11.6 Å². The van der Waals surface area contributed by atoms with Crippen LogP contribution in [0.1, 0.15) is 40.6 Å². The zero-order chi connectivity index (χ0) is 21.6. The Morgan fingerprint density at radius 3 is 2.63 bits per heavy atom. The van der Waals surface area contributed by atoms with Crippen LogP contribution in [0.2, 0.25) is 5.02 Å². The summed E-state index contributed by atoms with van der Waals surface area (Å²) >= 11 is 5.60. The van der Waals surface area contributed by atoms with Crippen LogP contribution in [0.4, 0.5) is 18.9 Å². The molecule has 2 amide bonds. The Morgan fingerprint density at radius 2 is 1.90 bits per heavy atom. The largest absolute Gasteiger partial charge is 0.433 e. The standard InChI is InChI=1S/C20H14ClF3N2O4/c21-14-6-5-10(9-13(14)20(22,23)24)25-17(28)15-7-8-16(27)26(15)18-11-3-1-2-4-12(11)19(29)30-18/h1-6,9,15,18H,7-8H2,(H,25,28)/t15-,18?/m0/s1. The predicted molar refractivity (Wildman–Crippen MR) is 99.6 cm³/mol. The summed E-state index contributed by atoms with van der Waals surface area (Å²) in [4.78, 5) is 38.5. The topological polar surface area (TPSA) is 75.7 Å². The Labute approximate surface area is 173 Å². The Morgan fingerprint density at radius 1 is 1.17 bits per heavy atom. The second-order valence-corrected chi connectivity index (χ2v) is 7.29. The summed E-state index contributed by atoms with van der Waals surface area (Å²) in [6.45, 7) is 0. The van der Waals surface area contributed by atoms with Crippen molar-refractivity contribution in [2.75, 3.05) is 5.32 Å². The number of nitrogens with one attached hydrogen (secondary N) is 1. The summed E-state index contributed by atoms with van der Waals surface area (Å²) in [7, 11) is 0. The summed E-state index contributed by atoms with van der Waals surface area (Å²) in [5, 5.41) is 1.91. The van der Waals surface area contributed by atoms with Gasteiger partial charge >= 0.3 is 12.1 Å². The van der Waals surface area contributed by atoms with E-state index in [1.54, 1.807) is 24.3 Å². The van der Waals surface area contributed by atoms with E-state index in [0.29, 0.717) is 11.1 Å². The van der Waals surface area contributed by atoms with Crippen molar-refractivity contribution in [3.05, 3.63) is 64.2 Å². The van der Waals surface area contributed by atoms with Crippen molar-refractivity contribution >= 4 is 35.1 Å². The lowest BCUT2D eigenvalue weighted by Gasteiger charge is -2.29. The number of anilines is 1. The number of alkyl halides is 3. The van der Waals surface area contributed by atoms with Gasteiger partial charge in [0.25, 0.3) is 0 Å². The second kappa shape index (κ2) is 7.32. The monoisotopic (exact) mass is 438 g/mol. The third-order valence-electron chi connectivity index (χ3n) is 5.02. The number of amides is 2. The number of likely N-dealkylation sites (tertiary alicyclic amines) is 1. The Hall–Kier alpha value is -3.07. The molecule has 0 saturated carbocycles. The summed E-state index contributed by atoms with van der Waals surface area (Å²) in [6.07, 6.45) is -5.56. The molecule has 1 unspecified atom stereocenters. The lowest BCUT2D eigenvalue weighted by atomic mass is 10.1. The Bertz CT molecular complexity index is 1060. The van der Waals surface area contributed by atoms with Crippen LogP contribution in [-0.2, 0) is 20.5 Å². The van der Waals surface area contributed by atoms with Crippen LogP contribution in [0.3, 0.4) is 0 Å². The van der Waals surface area contributed by atoms with Gasteiger partial charge in [-0.1, -0.05) is 29.8 Å². The van der Waals surface area contributed by atoms with Gasteiger partial charge in [0.1, 0.15) is 6.04 Å². The molecule has 2 aromatic carbocycles. The summed E-state index contributed by atoms with van der Waals surface area (Å²) in [5.74, 6) is -1.68. The fourth-order valence-electron chi connectivity index (χ4n) is 3.63. The number of esters is 1. The van der Waals surface area contributed by atoms with E-state index in [2.05, 4.69) is 5.32 Å². The number of hydrogen-bond acceptors (Lipinski definition) is 4. The minimum absolute atomic E-state index is 0.0444. The van der Waals surface area contributed by atoms with Crippen LogP contribution in [0.5, 0.6) is 0 Å². The Kier molecular flexibility index (Phi) is 4.93. The molecule has 10 heteroatoms. The molecule has 2 heterocycles. The fourth-order valence-corrected chi connectivity index (χ4v) is 3.86. The van der Waals surface area contributed by atoms with Crippen molar-refractivity contribution in [1.82, 2.24) is 4.90 Å². The number of halogens is 4. The first kappa shape index (κ1) is 20.2. The number of carbonyl (C=O) groups is 3. The molecule has 6 nitrogen and oxygen atoms in total. The SMILES string of the molecule is O=C1OC(N2C(=O)CC[C@H]2C(=O)Nc2ccc(Cl)c(C(F)(F)F)c2)c2ccccc21. The lowest BCUT2D eigenvalue weighted by molar-refractivity contribution is -0.144. The van der Waals surface area contributed by atoms with Crippen molar-refractivity contribution in [2.24, 2.45) is 0 Å². The van der Waals surface area contributed by atoms with E-state index in [-0.39, 0.29) is 18.5 Å². The molecule has 0 aliphatic carbocycles. The molecule has 2 atom stereocenters. The normalized spacial score (nSPS) is 20.9. The summed E-state index contributed by atoms with van der Waals surface area (Å²) in [6, 6.07) is 8.50. The second-order valence-electron chi connectivity index (χ2n) is 6.88. The van der Waals surface area contributed by atoms with Crippen molar-refractivity contribution in [3.63, 3.8) is 0 Å². The molecular weight excluding hydrogens is 425 g/mol. The summed E-state index contributed by atoms with van der Waals surface area (Å²) in [5.41, 5.74) is -0.435. The number of hydrogen-bond donors (Lipinski definition) is 1. The first-order chi connectivity index (χ1) is 14.2. The molecular formula is C20H14ClF3N2O4. The van der Waals surface area contributed by atoms with Gasteiger partial charge in [0.05, 0.1) is 16.1 Å². The number of carbonyl (C=O) groups excluding carboxylic acids is 3. The molecule has 4 rings (SSSR count). The maximum Gasteiger partial charge on any atom is 0.417 e. The van der Waals surface area contributed by atoms with Gasteiger partial charge in [-0.2, -0.15) is 13.2 Å². The molecule has 0 spiro atoms. The molecule has 0 aromatic heterocycles. The highest BCUT2D eigenvalue weighted by atomic mass is 35.5. The van der Waals surface area contributed by atoms with E-state index in [9.17, 15) is 27.6 Å². The zero-order valence-corrected chi connectivity index (χ0v) is 16.0. The van der Waals surface area contributed by atoms with E-state index >= 15 is 0 Å². The maximum absolute atomic E-state index is 13.1. The highest BCUT2D eigenvalue weighted by Gasteiger charge is 2.46. The van der Waals surface area contributed by atoms with Gasteiger partial charge in [0.2, 0.25) is 18.0 Å². The quantitative estimate of drug-likeness (QED) is 0.730. The molecule has 0 radical (unpaired) electrons. The first-order valence-electron chi connectivity index (χ1n) is 8.95. The number of ether oxygens (including phenoxy) is 1. The number of cyclic esters (lactones) is 1. The van der Waals surface area contributed by atoms with Gasteiger partial charge in [0.15, 0.2) is 0 Å². The molecule has 0 bridgehead atoms. The van der Waals surface area contributed by atoms with E-state index < -0.39 is 46.8 Å². The Balaban J connectivity index is 1.59. The van der Waals surface area contributed by atoms with Crippen molar-refractivity contribution in [3.8, 4) is 0 Å². The molecule has 2 aliphatic heterocycles. The molecule has 1 saturated heterocycles. The van der Waals surface area contributed by atoms with Gasteiger partial charge in [-0.05, 0) is 30.7 Å². The molecule has 2 aromatic rings. The van der Waals surface area contributed by atoms with E-state index in [4.69, 9.17) is 16.3 Å². The molecule has 1 N–H and O–H groups in total. The van der Waals surface area contributed by atoms with Gasteiger partial charge in [0, 0.05) is 17.7 Å². The van der Waals surface area contributed by atoms with E-state index in [1.165, 1.54) is 11.0 Å². The number of rotatable bonds is 3. The van der Waals surface area contributed by atoms with E-state index in [0.717, 1.165) is 12.1 Å². The zero-order valence-electron chi connectivity index (χ0n) is 15.2. The fraction of sp³-hybridized carbons (Fsp3) is 0.250. The molecule has 2 aliphatic rings. The third-order valence-corrected chi connectivity index (χ3v) is 5.35. The highest BCUT2D eigenvalue weighted by Crippen LogP contribution is 2.39. The predicted octanol–water partition coefficient (Wildman–Crippen LogP) is 4.16. The average Bonchev–Trinajstić information content (AvgIpc) is 3.22. The van der Waals surface area contributed by atoms with Crippen LogP contribution < -0.4 is 5.32 Å². The van der Waals surface area contributed by atoms with Crippen molar-refractivity contribution < 1.29 is 32.3 Å². The first-order valence-corrected chi connectivity index (χ1v) is 9.33. The van der Waals surface area contributed by atoms with Crippen LogP contribution in [-0.4, -0.2) is 28.7 Å². The van der Waals surface area contributed by atoms with Gasteiger partial charge < -0.3 is 10.1 Å². The van der Waals surface area contributed by atoms with Crippen molar-refractivity contribution in [2.45, 2.75) is 31.3 Å². The minimum atomic E-state index is -4.69. The molecule has 30 heavy (non-hydrogen) atoms. The number of nitrogens with zero attached hydrogens (tertiary/aromatic N) is 1. The van der Waals surface area contributed by atoms with Gasteiger partial charge in [-0.3, -0.25) is 14.5 Å². The molecule has 1 fully saturated rings. The average molecular weight is 439 g/mol. The minimum Gasteiger partial charge on any atom is -0.433 e. The van der Waals surface area contributed by atoms with Crippen molar-refractivity contribution in [1.29, 1.82) is 0 Å². The van der Waals surface area contributed by atoms with Gasteiger partial charge in [-0.15, -0.1) is 0 Å². The van der Waals surface area contributed by atoms with Crippen LogP contribution in [0, 0.1) is 0 Å². The number of benzene rings is 2.